The van der Waals surface area contributed by atoms with Gasteiger partial charge >= 0.3 is 11.9 Å². The van der Waals surface area contributed by atoms with Crippen LogP contribution in [-0.4, -0.2) is 53.4 Å². The molecule has 0 saturated carbocycles. The lowest BCUT2D eigenvalue weighted by atomic mass is 9.90. The molecule has 0 unspecified atom stereocenters. The third-order valence-corrected chi connectivity index (χ3v) is 8.11. The zero-order valence-electron chi connectivity index (χ0n) is 27.9. The van der Waals surface area contributed by atoms with E-state index in [1.807, 2.05) is 24.3 Å². The fraction of sp³-hybridized carbons (Fsp3) is 0.757. The van der Waals surface area contributed by atoms with Crippen LogP contribution in [0.1, 0.15) is 136 Å². The first-order valence-electron chi connectivity index (χ1n) is 17.5. The molecule has 252 valence electrons. The Bertz CT molecular complexity index is 860. The molecule has 0 aromatic carbocycles. The minimum Gasteiger partial charge on any atom is -0.462 e. The van der Waals surface area contributed by atoms with Crippen molar-refractivity contribution in [3.05, 3.63) is 36.5 Å². The van der Waals surface area contributed by atoms with Crippen molar-refractivity contribution < 1.29 is 34.1 Å². The fourth-order valence-electron chi connectivity index (χ4n) is 5.32. The van der Waals surface area contributed by atoms with Crippen molar-refractivity contribution >= 4 is 17.7 Å². The lowest BCUT2D eigenvalue weighted by Gasteiger charge is -2.15. The van der Waals surface area contributed by atoms with Crippen molar-refractivity contribution in [2.75, 3.05) is 13.2 Å². The number of esters is 2. The Balaban J connectivity index is 2.15. The lowest BCUT2D eigenvalue weighted by Crippen LogP contribution is -2.28. The van der Waals surface area contributed by atoms with Gasteiger partial charge in [-0.15, -0.1) is 0 Å². The second-order valence-electron chi connectivity index (χ2n) is 12.7. The van der Waals surface area contributed by atoms with Gasteiger partial charge in [0.25, 0.3) is 0 Å². The van der Waals surface area contributed by atoms with Gasteiger partial charge in [0, 0.05) is 18.8 Å². The second-order valence-corrected chi connectivity index (χ2v) is 12.7. The van der Waals surface area contributed by atoms with Crippen LogP contribution in [0.2, 0.25) is 0 Å². The van der Waals surface area contributed by atoms with E-state index in [4.69, 9.17) is 9.47 Å². The summed E-state index contributed by atoms with van der Waals surface area (Å²) in [7, 11) is 0. The maximum absolute atomic E-state index is 12.3. The third-order valence-electron chi connectivity index (χ3n) is 8.11. The van der Waals surface area contributed by atoms with Crippen LogP contribution >= 0.6 is 0 Å². The van der Waals surface area contributed by atoms with Gasteiger partial charge in [0.1, 0.15) is 6.61 Å². The van der Waals surface area contributed by atoms with Gasteiger partial charge in [-0.1, -0.05) is 122 Å². The molecular weight excluding hydrogens is 556 g/mol. The van der Waals surface area contributed by atoms with Gasteiger partial charge in [0.15, 0.2) is 11.9 Å². The molecule has 7 nitrogen and oxygen atoms in total. The number of aliphatic hydroxyl groups excluding tert-OH is 2. The van der Waals surface area contributed by atoms with Crippen LogP contribution in [0, 0.1) is 17.8 Å². The maximum Gasteiger partial charge on any atom is 0.306 e. The monoisotopic (exact) mass is 618 g/mol. The topological polar surface area (TPSA) is 110 Å². The highest BCUT2D eigenvalue weighted by atomic mass is 16.6. The first-order chi connectivity index (χ1) is 21.3. The van der Waals surface area contributed by atoms with E-state index in [0.29, 0.717) is 25.7 Å². The van der Waals surface area contributed by atoms with Gasteiger partial charge in [-0.2, -0.15) is 0 Å². The van der Waals surface area contributed by atoms with Gasteiger partial charge in [-0.3, -0.25) is 14.4 Å². The largest absolute Gasteiger partial charge is 0.462 e. The SMILES string of the molecule is CCCCC[C@H](O)/C=C/[C@H]1C(=O)C=C[C@@H]1C/C=C\CCCC(=O)O[C@@H](CO)COC(=O)CCCCCCCCCCC(C)C. The van der Waals surface area contributed by atoms with Crippen molar-refractivity contribution in [1.29, 1.82) is 0 Å². The number of carbonyl (C=O) groups excluding carboxylic acids is 3. The summed E-state index contributed by atoms with van der Waals surface area (Å²) in [5.74, 6) is -0.0501. The minimum atomic E-state index is -0.848. The van der Waals surface area contributed by atoms with Gasteiger partial charge in [0.2, 0.25) is 0 Å². The number of allylic oxidation sites excluding steroid dienone is 5. The van der Waals surface area contributed by atoms with Crippen molar-refractivity contribution in [2.45, 2.75) is 149 Å². The number of ketones is 1. The summed E-state index contributed by atoms with van der Waals surface area (Å²) in [5, 5.41) is 19.7. The van der Waals surface area contributed by atoms with Crippen LogP contribution in [0.25, 0.3) is 0 Å². The first-order valence-corrected chi connectivity index (χ1v) is 17.5. The van der Waals surface area contributed by atoms with Crippen LogP contribution in [0.15, 0.2) is 36.5 Å². The highest BCUT2D eigenvalue weighted by Crippen LogP contribution is 2.27. The van der Waals surface area contributed by atoms with E-state index in [1.54, 1.807) is 12.2 Å². The Hall–Kier alpha value is -2.25. The second kappa shape index (κ2) is 26.0. The molecule has 0 heterocycles. The van der Waals surface area contributed by atoms with E-state index >= 15 is 0 Å². The average molecular weight is 619 g/mol. The third kappa shape index (κ3) is 20.7. The number of hydrogen-bond acceptors (Lipinski definition) is 7. The number of ether oxygens (including phenoxy) is 2. The molecule has 0 fully saturated rings. The molecule has 0 radical (unpaired) electrons. The normalized spacial score (nSPS) is 18.1. The van der Waals surface area contributed by atoms with E-state index in [0.717, 1.165) is 50.9 Å². The summed E-state index contributed by atoms with van der Waals surface area (Å²) < 4.78 is 10.5. The Morgan fingerprint density at radius 1 is 0.886 bits per heavy atom. The van der Waals surface area contributed by atoms with Gasteiger partial charge in [-0.05, 0) is 50.0 Å². The number of hydrogen-bond donors (Lipinski definition) is 2. The molecule has 1 aliphatic rings. The van der Waals surface area contributed by atoms with E-state index in [2.05, 4.69) is 20.8 Å². The highest BCUT2D eigenvalue weighted by molar-refractivity contribution is 5.95. The lowest BCUT2D eigenvalue weighted by molar-refractivity contribution is -0.161. The van der Waals surface area contributed by atoms with E-state index in [1.165, 1.54) is 38.5 Å². The van der Waals surface area contributed by atoms with Gasteiger partial charge < -0.3 is 19.7 Å². The number of aliphatic hydroxyl groups is 2. The Labute approximate surface area is 267 Å². The molecule has 0 aromatic rings. The molecule has 0 aliphatic heterocycles. The van der Waals surface area contributed by atoms with Crippen LogP contribution in [0.5, 0.6) is 0 Å². The van der Waals surface area contributed by atoms with Crippen molar-refractivity contribution in [1.82, 2.24) is 0 Å². The summed E-state index contributed by atoms with van der Waals surface area (Å²) >= 11 is 0. The average Bonchev–Trinajstić information content (AvgIpc) is 3.35. The molecule has 0 spiro atoms. The summed E-state index contributed by atoms with van der Waals surface area (Å²) in [4.78, 5) is 36.5. The summed E-state index contributed by atoms with van der Waals surface area (Å²) in [6.45, 7) is 6.14. The molecule has 7 heteroatoms. The molecule has 0 aromatic heterocycles. The number of rotatable bonds is 27. The zero-order chi connectivity index (χ0) is 32.4. The first kappa shape index (κ1) is 39.8. The van der Waals surface area contributed by atoms with E-state index in [9.17, 15) is 24.6 Å². The van der Waals surface area contributed by atoms with Crippen LogP contribution in [0.3, 0.4) is 0 Å². The summed E-state index contributed by atoms with van der Waals surface area (Å²) in [5.41, 5.74) is 0. The molecule has 1 aliphatic carbocycles. The number of unbranched alkanes of at least 4 members (excludes halogenated alkanes) is 10. The highest BCUT2D eigenvalue weighted by Gasteiger charge is 2.27. The Kier molecular flexibility index (Phi) is 23.5. The molecule has 0 amide bonds. The quantitative estimate of drug-likeness (QED) is 0.0546. The number of carbonyl (C=O) groups is 3. The summed E-state index contributed by atoms with van der Waals surface area (Å²) in [6, 6.07) is 0. The molecule has 4 atom stereocenters. The van der Waals surface area contributed by atoms with Crippen LogP contribution in [0.4, 0.5) is 0 Å². The minimum absolute atomic E-state index is 0.0702. The molecule has 0 saturated heterocycles. The van der Waals surface area contributed by atoms with Crippen molar-refractivity contribution in [3.8, 4) is 0 Å². The molecular formula is C37H62O7. The standard InChI is InChI=1S/C37H62O7/c1-4-5-14-21-32(39)25-26-34-31(24-27-35(34)40)20-16-12-13-18-23-37(42)44-33(28-38)29-43-36(41)22-17-11-9-7-6-8-10-15-19-30(2)3/h12,16,24-27,30-34,38-39H,4-11,13-15,17-23,28-29H2,1-3H3/b16-12-,26-25+/t31-,32-,33-,34+/m0/s1. The molecule has 2 N–H and O–H groups in total. The van der Waals surface area contributed by atoms with Crippen LogP contribution in [-0.2, 0) is 23.9 Å². The Morgan fingerprint density at radius 3 is 2.23 bits per heavy atom. The van der Waals surface area contributed by atoms with Gasteiger partial charge in [-0.25, -0.2) is 0 Å². The predicted molar refractivity (Wildman–Crippen MR) is 177 cm³/mol. The smallest absolute Gasteiger partial charge is 0.306 e. The predicted octanol–water partition coefficient (Wildman–Crippen LogP) is 7.98. The van der Waals surface area contributed by atoms with E-state index < -0.39 is 24.8 Å². The van der Waals surface area contributed by atoms with E-state index in [-0.39, 0.29) is 36.6 Å². The molecule has 0 bridgehead atoms. The zero-order valence-corrected chi connectivity index (χ0v) is 27.9. The van der Waals surface area contributed by atoms with Crippen LogP contribution < -0.4 is 0 Å². The summed E-state index contributed by atoms with van der Waals surface area (Å²) in [6.07, 6.45) is 26.9. The Morgan fingerprint density at radius 2 is 1.55 bits per heavy atom. The molecule has 1 rings (SSSR count). The van der Waals surface area contributed by atoms with Crippen molar-refractivity contribution in [3.63, 3.8) is 0 Å². The van der Waals surface area contributed by atoms with Crippen molar-refractivity contribution in [2.24, 2.45) is 17.8 Å². The fourth-order valence-corrected chi connectivity index (χ4v) is 5.32. The molecule has 44 heavy (non-hydrogen) atoms. The maximum atomic E-state index is 12.3. The van der Waals surface area contributed by atoms with Gasteiger partial charge in [0.05, 0.1) is 12.7 Å².